The number of unbranched alkanes of at least 4 members (excludes halogenated alkanes) is 1. The molecule has 0 aliphatic carbocycles. The third-order valence-corrected chi connectivity index (χ3v) is 2.79. The van der Waals surface area contributed by atoms with Crippen LogP contribution in [0.25, 0.3) is 0 Å². The maximum Gasteiger partial charge on any atom is 0.339 e. The van der Waals surface area contributed by atoms with Gasteiger partial charge in [0.2, 0.25) is 0 Å². The van der Waals surface area contributed by atoms with Crippen LogP contribution in [0.5, 0.6) is 0 Å². The minimum atomic E-state index is -1.12. The lowest BCUT2D eigenvalue weighted by molar-refractivity contribution is 0.0487. The Kier molecular flexibility index (Phi) is 6.06. The number of benzene rings is 1. The van der Waals surface area contributed by atoms with Gasteiger partial charge in [0.15, 0.2) is 0 Å². The van der Waals surface area contributed by atoms with Gasteiger partial charge in [0.25, 0.3) is 0 Å². The molecule has 4 heteroatoms. The first-order valence-electron chi connectivity index (χ1n) is 6.51. The number of carboxylic acid groups (broad SMARTS) is 1. The van der Waals surface area contributed by atoms with Gasteiger partial charge >= 0.3 is 11.9 Å². The molecular weight excluding hydrogens is 244 g/mol. The van der Waals surface area contributed by atoms with Crippen molar-refractivity contribution in [2.45, 2.75) is 33.1 Å². The van der Waals surface area contributed by atoms with Crippen molar-refractivity contribution in [3.63, 3.8) is 0 Å². The van der Waals surface area contributed by atoms with E-state index < -0.39 is 11.9 Å². The summed E-state index contributed by atoms with van der Waals surface area (Å²) in [6.07, 6.45) is 2.91. The Balaban J connectivity index is 2.48. The van der Waals surface area contributed by atoms with E-state index in [1.54, 1.807) is 12.1 Å². The molecule has 0 aliphatic rings. The third kappa shape index (κ3) is 5.12. The average molecular weight is 264 g/mol. The van der Waals surface area contributed by atoms with Crippen molar-refractivity contribution >= 4 is 11.9 Å². The number of carboxylic acids is 1. The van der Waals surface area contributed by atoms with E-state index in [1.807, 2.05) is 0 Å². The summed E-state index contributed by atoms with van der Waals surface area (Å²) in [6.45, 7) is 4.63. The number of carbonyl (C=O) groups is 2. The van der Waals surface area contributed by atoms with E-state index in [1.165, 1.54) is 12.1 Å². The van der Waals surface area contributed by atoms with Crippen LogP contribution >= 0.6 is 0 Å². The highest BCUT2D eigenvalue weighted by atomic mass is 16.5. The number of aromatic carboxylic acids is 1. The predicted octanol–water partition coefficient (Wildman–Crippen LogP) is 3.37. The van der Waals surface area contributed by atoms with Crippen molar-refractivity contribution in [3.8, 4) is 0 Å². The maximum atomic E-state index is 11.8. The normalized spacial score (nSPS) is 10.5. The van der Waals surface area contributed by atoms with E-state index in [9.17, 15) is 9.59 Å². The molecule has 0 radical (unpaired) electrons. The minimum absolute atomic E-state index is 0.0188. The van der Waals surface area contributed by atoms with Gasteiger partial charge in [-0.25, -0.2) is 9.59 Å². The Morgan fingerprint density at radius 3 is 2.37 bits per heavy atom. The molecule has 1 aromatic carbocycles. The molecule has 0 saturated carbocycles. The SMILES string of the molecule is CC(C)CCCCOC(=O)c1ccccc1C(=O)O. The minimum Gasteiger partial charge on any atom is -0.478 e. The van der Waals surface area contributed by atoms with Gasteiger partial charge in [-0.1, -0.05) is 32.4 Å². The zero-order valence-electron chi connectivity index (χ0n) is 11.4. The van der Waals surface area contributed by atoms with Gasteiger partial charge in [-0.2, -0.15) is 0 Å². The fourth-order valence-corrected chi connectivity index (χ4v) is 1.74. The molecule has 19 heavy (non-hydrogen) atoms. The summed E-state index contributed by atoms with van der Waals surface area (Å²) in [5, 5.41) is 8.98. The molecule has 104 valence electrons. The Hall–Kier alpha value is -1.84. The molecule has 0 atom stereocenters. The van der Waals surface area contributed by atoms with Crippen LogP contribution in [0.3, 0.4) is 0 Å². The Bertz CT molecular complexity index is 438. The smallest absolute Gasteiger partial charge is 0.339 e. The summed E-state index contributed by atoms with van der Waals surface area (Å²) in [5.41, 5.74) is 0.0912. The highest BCUT2D eigenvalue weighted by molar-refractivity contribution is 6.02. The molecule has 0 heterocycles. The van der Waals surface area contributed by atoms with Crippen molar-refractivity contribution in [1.82, 2.24) is 0 Å². The van der Waals surface area contributed by atoms with Gasteiger partial charge in [-0.3, -0.25) is 0 Å². The molecule has 0 bridgehead atoms. The summed E-state index contributed by atoms with van der Waals surface area (Å²) < 4.78 is 5.10. The van der Waals surface area contributed by atoms with Crippen LogP contribution in [-0.4, -0.2) is 23.7 Å². The molecule has 0 fully saturated rings. The number of esters is 1. The van der Waals surface area contributed by atoms with Crippen molar-refractivity contribution in [2.75, 3.05) is 6.61 Å². The van der Waals surface area contributed by atoms with Crippen LogP contribution in [-0.2, 0) is 4.74 Å². The topological polar surface area (TPSA) is 63.6 Å². The van der Waals surface area contributed by atoms with Gasteiger partial charge in [0.1, 0.15) is 0 Å². The van der Waals surface area contributed by atoms with E-state index in [0.717, 1.165) is 19.3 Å². The molecule has 1 N–H and O–H groups in total. The van der Waals surface area contributed by atoms with Crippen LogP contribution in [0, 0.1) is 5.92 Å². The summed E-state index contributed by atoms with van der Waals surface area (Å²) in [7, 11) is 0. The molecule has 0 aromatic heterocycles. The van der Waals surface area contributed by atoms with Crippen LogP contribution in [0.4, 0.5) is 0 Å². The molecule has 0 aliphatic heterocycles. The van der Waals surface area contributed by atoms with Gasteiger partial charge in [0, 0.05) is 0 Å². The molecule has 4 nitrogen and oxygen atoms in total. The van der Waals surface area contributed by atoms with Crippen molar-refractivity contribution in [3.05, 3.63) is 35.4 Å². The first kappa shape index (κ1) is 15.2. The summed E-state index contributed by atoms with van der Waals surface area (Å²) in [5.74, 6) is -1.04. The van der Waals surface area contributed by atoms with Gasteiger partial charge < -0.3 is 9.84 Å². The van der Waals surface area contributed by atoms with Crippen LogP contribution in [0.15, 0.2) is 24.3 Å². The Morgan fingerprint density at radius 2 is 1.79 bits per heavy atom. The second-order valence-electron chi connectivity index (χ2n) is 4.88. The second kappa shape index (κ2) is 7.56. The van der Waals surface area contributed by atoms with E-state index in [2.05, 4.69) is 13.8 Å². The highest BCUT2D eigenvalue weighted by Gasteiger charge is 2.16. The van der Waals surface area contributed by atoms with Crippen LogP contribution in [0.1, 0.15) is 53.8 Å². The summed E-state index contributed by atoms with van der Waals surface area (Å²) >= 11 is 0. The lowest BCUT2D eigenvalue weighted by Crippen LogP contribution is -2.12. The molecule has 0 saturated heterocycles. The van der Waals surface area contributed by atoms with Crippen molar-refractivity contribution < 1.29 is 19.4 Å². The lowest BCUT2D eigenvalue weighted by Gasteiger charge is -2.08. The Morgan fingerprint density at radius 1 is 1.16 bits per heavy atom. The van der Waals surface area contributed by atoms with E-state index in [0.29, 0.717) is 12.5 Å². The fraction of sp³-hybridized carbons (Fsp3) is 0.467. The van der Waals surface area contributed by atoms with Crippen molar-refractivity contribution in [1.29, 1.82) is 0 Å². The van der Waals surface area contributed by atoms with Gasteiger partial charge in [-0.15, -0.1) is 0 Å². The highest BCUT2D eigenvalue weighted by Crippen LogP contribution is 2.11. The van der Waals surface area contributed by atoms with Crippen molar-refractivity contribution in [2.24, 2.45) is 5.92 Å². The molecule has 1 rings (SSSR count). The van der Waals surface area contributed by atoms with E-state index in [-0.39, 0.29) is 11.1 Å². The fourth-order valence-electron chi connectivity index (χ4n) is 1.74. The summed E-state index contributed by atoms with van der Waals surface area (Å²) in [4.78, 5) is 22.8. The van der Waals surface area contributed by atoms with E-state index in [4.69, 9.17) is 9.84 Å². The summed E-state index contributed by atoms with van der Waals surface area (Å²) in [6, 6.07) is 6.09. The zero-order valence-corrected chi connectivity index (χ0v) is 11.4. The van der Waals surface area contributed by atoms with Gasteiger partial charge in [0.05, 0.1) is 17.7 Å². The average Bonchev–Trinajstić information content (AvgIpc) is 2.37. The maximum absolute atomic E-state index is 11.8. The number of hydrogen-bond donors (Lipinski definition) is 1. The predicted molar refractivity (Wildman–Crippen MR) is 72.4 cm³/mol. The number of rotatable bonds is 7. The molecule has 0 spiro atoms. The first-order valence-corrected chi connectivity index (χ1v) is 6.51. The third-order valence-electron chi connectivity index (χ3n) is 2.79. The molecule has 0 unspecified atom stereocenters. The largest absolute Gasteiger partial charge is 0.478 e. The van der Waals surface area contributed by atoms with Crippen LogP contribution in [0.2, 0.25) is 0 Å². The second-order valence-corrected chi connectivity index (χ2v) is 4.88. The van der Waals surface area contributed by atoms with Gasteiger partial charge in [-0.05, 0) is 30.9 Å². The first-order chi connectivity index (χ1) is 9.02. The van der Waals surface area contributed by atoms with Crippen LogP contribution < -0.4 is 0 Å². The molecule has 1 aromatic rings. The number of ether oxygens (including phenoxy) is 1. The number of carbonyl (C=O) groups excluding carboxylic acids is 1. The van der Waals surface area contributed by atoms with E-state index >= 15 is 0 Å². The standard InChI is InChI=1S/C15H20O4/c1-11(2)7-5-6-10-19-15(18)13-9-4-3-8-12(13)14(16)17/h3-4,8-9,11H,5-7,10H2,1-2H3,(H,16,17). The monoisotopic (exact) mass is 264 g/mol. The Labute approximate surface area is 113 Å². The lowest BCUT2D eigenvalue weighted by atomic mass is 10.1. The molecular formula is C15H20O4. The zero-order chi connectivity index (χ0) is 14.3. The molecule has 0 amide bonds. The quantitative estimate of drug-likeness (QED) is 0.605. The number of hydrogen-bond acceptors (Lipinski definition) is 3.